The van der Waals surface area contributed by atoms with Crippen molar-refractivity contribution < 1.29 is 14.3 Å². The number of ether oxygens (including phenoxy) is 1. The molecule has 0 aliphatic carbocycles. The number of benzene rings is 1. The maximum atomic E-state index is 12.1. The summed E-state index contributed by atoms with van der Waals surface area (Å²) in [7, 11) is 1.46. The third kappa shape index (κ3) is 6.77. The molecule has 0 saturated carbocycles. The fourth-order valence-corrected chi connectivity index (χ4v) is 3.40. The number of thioether (sulfide) groups is 1. The van der Waals surface area contributed by atoms with Gasteiger partial charge in [-0.25, -0.2) is 4.79 Å². The highest BCUT2D eigenvalue weighted by Gasteiger charge is 2.22. The smallest absolute Gasteiger partial charge is 0.321 e. The van der Waals surface area contributed by atoms with E-state index in [2.05, 4.69) is 41.6 Å². The summed E-state index contributed by atoms with van der Waals surface area (Å²) in [5.41, 5.74) is 1.25. The number of hydrogen-bond donors (Lipinski definition) is 2. The maximum absolute atomic E-state index is 12.1. The summed E-state index contributed by atoms with van der Waals surface area (Å²) in [6.45, 7) is 9.02. The molecule has 0 spiro atoms. The van der Waals surface area contributed by atoms with Gasteiger partial charge in [-0.05, 0) is 37.0 Å². The summed E-state index contributed by atoms with van der Waals surface area (Å²) < 4.78 is 7.85. The van der Waals surface area contributed by atoms with Crippen molar-refractivity contribution >= 4 is 23.7 Å². The number of nitrogens with one attached hydrogen (secondary N) is 2. The first kappa shape index (κ1) is 22.7. The Kier molecular flexibility index (Phi) is 8.50. The van der Waals surface area contributed by atoms with Crippen molar-refractivity contribution in [2.24, 2.45) is 5.92 Å². The van der Waals surface area contributed by atoms with Crippen LogP contribution in [-0.2, 0) is 24.4 Å². The maximum Gasteiger partial charge on any atom is 0.321 e. The molecule has 1 atom stereocenters. The summed E-state index contributed by atoms with van der Waals surface area (Å²) >= 11 is 1.26. The molecule has 0 radical (unpaired) electrons. The molecule has 0 saturated heterocycles. The zero-order chi connectivity index (χ0) is 21.4. The molecular weight excluding hydrogens is 390 g/mol. The topological polar surface area (TPSA) is 98.1 Å². The monoisotopic (exact) mass is 419 g/mol. The zero-order valence-electron chi connectivity index (χ0n) is 17.6. The Morgan fingerprint density at radius 2 is 1.86 bits per heavy atom. The van der Waals surface area contributed by atoms with Crippen molar-refractivity contribution in [2.45, 2.75) is 57.7 Å². The molecule has 1 aromatic heterocycles. The SMILES string of the molecule is CCc1ccc(OCc2nnc(SC(C)C(=O)NC(=O)NC)n2CC(C)C)cc1. The van der Waals surface area contributed by atoms with Gasteiger partial charge >= 0.3 is 6.03 Å². The Labute approximate surface area is 175 Å². The number of carbonyl (C=O) groups excluding carboxylic acids is 2. The van der Waals surface area contributed by atoms with Crippen LogP contribution in [0.1, 0.15) is 39.1 Å². The van der Waals surface area contributed by atoms with Crippen LogP contribution in [0.5, 0.6) is 5.75 Å². The van der Waals surface area contributed by atoms with Gasteiger partial charge in [0.05, 0.1) is 5.25 Å². The van der Waals surface area contributed by atoms with Gasteiger partial charge in [0.25, 0.3) is 0 Å². The zero-order valence-corrected chi connectivity index (χ0v) is 18.4. The first-order chi connectivity index (χ1) is 13.8. The van der Waals surface area contributed by atoms with Gasteiger partial charge in [-0.2, -0.15) is 0 Å². The van der Waals surface area contributed by atoms with Crippen molar-refractivity contribution in [1.82, 2.24) is 25.4 Å². The summed E-state index contributed by atoms with van der Waals surface area (Å²) in [5.74, 6) is 1.44. The van der Waals surface area contributed by atoms with Gasteiger partial charge in [0.1, 0.15) is 12.4 Å². The number of nitrogens with zero attached hydrogens (tertiary/aromatic N) is 3. The number of imide groups is 1. The molecule has 0 bridgehead atoms. The average molecular weight is 420 g/mol. The van der Waals surface area contributed by atoms with E-state index in [1.54, 1.807) is 6.92 Å². The number of urea groups is 1. The lowest BCUT2D eigenvalue weighted by Gasteiger charge is -2.15. The highest BCUT2D eigenvalue weighted by atomic mass is 32.2. The van der Waals surface area contributed by atoms with Crippen LogP contribution < -0.4 is 15.4 Å². The minimum Gasteiger partial charge on any atom is -0.486 e. The lowest BCUT2D eigenvalue weighted by Crippen LogP contribution is -2.41. The molecular formula is C20H29N5O3S. The summed E-state index contributed by atoms with van der Waals surface area (Å²) in [4.78, 5) is 23.5. The molecule has 9 heteroatoms. The van der Waals surface area contributed by atoms with E-state index in [9.17, 15) is 9.59 Å². The first-order valence-corrected chi connectivity index (χ1v) is 10.5. The second-order valence-corrected chi connectivity index (χ2v) is 8.33. The lowest BCUT2D eigenvalue weighted by atomic mass is 10.2. The van der Waals surface area contributed by atoms with Crippen LogP contribution in [0.3, 0.4) is 0 Å². The molecule has 29 heavy (non-hydrogen) atoms. The van der Waals surface area contributed by atoms with E-state index < -0.39 is 11.3 Å². The predicted molar refractivity (Wildman–Crippen MR) is 113 cm³/mol. The highest BCUT2D eigenvalue weighted by Crippen LogP contribution is 2.24. The summed E-state index contributed by atoms with van der Waals surface area (Å²) in [6.07, 6.45) is 0.981. The molecule has 1 heterocycles. The van der Waals surface area contributed by atoms with E-state index in [1.165, 1.54) is 24.4 Å². The predicted octanol–water partition coefficient (Wildman–Crippen LogP) is 3.01. The number of rotatable bonds is 9. The Hall–Kier alpha value is -2.55. The quantitative estimate of drug-likeness (QED) is 0.606. The first-order valence-electron chi connectivity index (χ1n) is 9.67. The van der Waals surface area contributed by atoms with Gasteiger partial charge in [0, 0.05) is 13.6 Å². The van der Waals surface area contributed by atoms with Crippen molar-refractivity contribution in [3.8, 4) is 5.75 Å². The Bertz CT molecular complexity index is 820. The fraction of sp³-hybridized carbons (Fsp3) is 0.500. The molecule has 2 aromatic rings. The molecule has 0 fully saturated rings. The van der Waals surface area contributed by atoms with Crippen molar-refractivity contribution in [1.29, 1.82) is 0 Å². The van der Waals surface area contributed by atoms with Crippen LogP contribution in [-0.4, -0.2) is 39.0 Å². The van der Waals surface area contributed by atoms with Crippen LogP contribution in [0.2, 0.25) is 0 Å². The van der Waals surface area contributed by atoms with Gasteiger partial charge in [0.15, 0.2) is 11.0 Å². The highest BCUT2D eigenvalue weighted by molar-refractivity contribution is 8.00. The molecule has 1 unspecified atom stereocenters. The largest absolute Gasteiger partial charge is 0.486 e. The summed E-state index contributed by atoms with van der Waals surface area (Å²) in [6, 6.07) is 7.45. The van der Waals surface area contributed by atoms with Gasteiger partial charge < -0.3 is 14.6 Å². The average Bonchev–Trinajstić information content (AvgIpc) is 3.07. The third-order valence-electron chi connectivity index (χ3n) is 4.16. The van der Waals surface area contributed by atoms with Crippen LogP contribution in [0.4, 0.5) is 4.79 Å². The number of amides is 3. The van der Waals surface area contributed by atoms with Crippen LogP contribution in [0.25, 0.3) is 0 Å². The van der Waals surface area contributed by atoms with Crippen LogP contribution in [0.15, 0.2) is 29.4 Å². The standard InChI is InChI=1S/C20H29N5O3S/c1-6-15-7-9-16(10-8-15)28-12-17-23-24-20(25(17)11-13(2)3)29-14(4)18(26)22-19(27)21-5/h7-10,13-14H,6,11-12H2,1-5H3,(H2,21,22,26,27). The number of aromatic nitrogens is 3. The van der Waals surface area contributed by atoms with Crippen LogP contribution in [0, 0.1) is 5.92 Å². The molecule has 2 rings (SSSR count). The van der Waals surface area contributed by atoms with E-state index in [4.69, 9.17) is 4.74 Å². The van der Waals surface area contributed by atoms with E-state index >= 15 is 0 Å². The summed E-state index contributed by atoms with van der Waals surface area (Å²) in [5, 5.41) is 13.3. The van der Waals surface area contributed by atoms with E-state index in [0.29, 0.717) is 23.4 Å². The van der Waals surface area contributed by atoms with Crippen molar-refractivity contribution in [3.05, 3.63) is 35.7 Å². The lowest BCUT2D eigenvalue weighted by molar-refractivity contribution is -0.119. The second kappa shape index (κ2) is 10.8. The van der Waals surface area contributed by atoms with E-state index in [1.807, 2.05) is 28.8 Å². The fourth-order valence-electron chi connectivity index (χ4n) is 2.52. The number of carbonyl (C=O) groups is 2. The molecule has 0 aliphatic heterocycles. The van der Waals surface area contributed by atoms with Crippen molar-refractivity contribution in [3.63, 3.8) is 0 Å². The molecule has 2 N–H and O–H groups in total. The molecule has 1 aromatic carbocycles. The van der Waals surface area contributed by atoms with Gasteiger partial charge in [0.2, 0.25) is 5.91 Å². The van der Waals surface area contributed by atoms with Gasteiger partial charge in [-0.3, -0.25) is 10.1 Å². The molecule has 8 nitrogen and oxygen atoms in total. The van der Waals surface area contributed by atoms with E-state index in [-0.39, 0.29) is 12.5 Å². The Morgan fingerprint density at radius 3 is 2.45 bits per heavy atom. The number of aryl methyl sites for hydroxylation is 1. The minimum absolute atomic E-state index is 0.282. The molecule has 3 amide bonds. The third-order valence-corrected chi connectivity index (χ3v) is 5.24. The Morgan fingerprint density at radius 1 is 1.17 bits per heavy atom. The Balaban J connectivity index is 2.09. The second-order valence-electron chi connectivity index (χ2n) is 7.02. The van der Waals surface area contributed by atoms with Crippen molar-refractivity contribution in [2.75, 3.05) is 7.05 Å². The van der Waals surface area contributed by atoms with Gasteiger partial charge in [-0.15, -0.1) is 10.2 Å². The molecule has 0 aliphatic rings. The normalized spacial score (nSPS) is 11.9. The van der Waals surface area contributed by atoms with E-state index in [0.717, 1.165) is 12.2 Å². The molecule has 158 valence electrons. The van der Waals surface area contributed by atoms with Crippen LogP contribution >= 0.6 is 11.8 Å². The minimum atomic E-state index is -0.533. The number of hydrogen-bond acceptors (Lipinski definition) is 6. The van der Waals surface area contributed by atoms with Gasteiger partial charge in [-0.1, -0.05) is 44.7 Å².